The highest BCUT2D eigenvalue weighted by molar-refractivity contribution is 7.45. The highest BCUT2D eigenvalue weighted by Gasteiger charge is 2.49. The van der Waals surface area contributed by atoms with E-state index in [9.17, 15) is 0 Å². The topological polar surface area (TPSA) is 21.7 Å². The van der Waals surface area contributed by atoms with E-state index in [0.717, 1.165) is 24.0 Å². The molecule has 0 spiro atoms. The summed E-state index contributed by atoms with van der Waals surface area (Å²) in [5.41, 5.74) is 7.35. The van der Waals surface area contributed by atoms with E-state index in [4.69, 9.17) is 9.05 Å². The summed E-state index contributed by atoms with van der Waals surface area (Å²) in [4.78, 5) is 0. The number of hydrogen-bond donors (Lipinski definition) is 0. The molecule has 0 N–H and O–H groups in total. The minimum atomic E-state index is -1.32. The van der Waals surface area contributed by atoms with Gasteiger partial charge in [-0.2, -0.15) is 0 Å². The molecule has 5 unspecified atom stereocenters. The molecular weight excluding hydrogens is 509 g/mol. The first-order chi connectivity index (χ1) is 19.7. The molecule has 1 heterocycles. The van der Waals surface area contributed by atoms with Gasteiger partial charge in [0.05, 0.1) is 6.10 Å². The molecule has 7 rings (SSSR count). The fourth-order valence-corrected chi connectivity index (χ4v) is 10.3. The van der Waals surface area contributed by atoms with Crippen molar-refractivity contribution in [2.24, 2.45) is 11.8 Å². The van der Waals surface area contributed by atoms with Crippen LogP contribution in [0.3, 0.4) is 0 Å². The van der Waals surface area contributed by atoms with Gasteiger partial charge in [-0.25, -0.2) is 4.67 Å². The van der Waals surface area contributed by atoms with E-state index in [1.807, 2.05) is 0 Å². The summed E-state index contributed by atoms with van der Waals surface area (Å²) < 4.78 is 17.1. The summed E-state index contributed by atoms with van der Waals surface area (Å²) in [7, 11) is -1.32. The predicted molar refractivity (Wildman–Crippen MR) is 164 cm³/mol. The van der Waals surface area contributed by atoms with Gasteiger partial charge < -0.3 is 9.05 Å². The van der Waals surface area contributed by atoms with E-state index < -0.39 is 8.53 Å². The zero-order valence-corrected chi connectivity index (χ0v) is 25.1. The van der Waals surface area contributed by atoms with E-state index in [0.29, 0.717) is 5.92 Å². The molecule has 2 fully saturated rings. The minimum Gasteiger partial charge on any atom is -0.435 e. The first-order valence-corrected chi connectivity index (χ1v) is 17.0. The molecule has 3 aromatic rings. The normalized spacial score (nSPS) is 29.1. The molecule has 2 saturated carbocycles. The summed E-state index contributed by atoms with van der Waals surface area (Å²) in [6.45, 7) is 4.66. The number of hydrogen-bond acceptors (Lipinski definition) is 3. The van der Waals surface area contributed by atoms with Crippen LogP contribution in [0.4, 0.5) is 0 Å². The standard InChI is InChI=1S/C36H44NO2P/c1-25(27-13-5-3-6-14-27)37(26(2)28-15-7-4-8-16-28)40-38-33-23-21-29-17-9-11-19-31(29)35(33)36-32-20-12-10-18-30(32)22-24-34(36)39-40/h3-8,13-16,21,23,25-26,30,32,34,36H,9-12,17-20,22,24H2,1-2H3/t25-,26?,30?,32?,34?,36+,40?/m1/s1. The van der Waals surface area contributed by atoms with Crippen LogP contribution < -0.4 is 4.52 Å². The maximum Gasteiger partial charge on any atom is 0.322 e. The molecular formula is C36H44NO2P. The van der Waals surface area contributed by atoms with Gasteiger partial charge in [0, 0.05) is 23.6 Å². The quantitative estimate of drug-likeness (QED) is 0.293. The molecule has 0 radical (unpaired) electrons. The van der Waals surface area contributed by atoms with Crippen molar-refractivity contribution in [3.8, 4) is 5.75 Å². The van der Waals surface area contributed by atoms with Crippen LogP contribution in [0.15, 0.2) is 72.8 Å². The molecule has 3 aromatic carbocycles. The molecule has 1 aliphatic heterocycles. The number of rotatable bonds is 5. The third-order valence-corrected chi connectivity index (χ3v) is 12.3. The van der Waals surface area contributed by atoms with E-state index in [1.54, 1.807) is 16.7 Å². The highest BCUT2D eigenvalue weighted by atomic mass is 31.2. The second-order valence-corrected chi connectivity index (χ2v) is 14.0. The number of nitrogens with zero attached hydrogens (tertiary/aromatic N) is 1. The van der Waals surface area contributed by atoms with Crippen LogP contribution in [0.5, 0.6) is 5.75 Å². The first-order valence-electron chi connectivity index (χ1n) is 15.9. The lowest BCUT2D eigenvalue weighted by molar-refractivity contribution is 0.0359. The minimum absolute atomic E-state index is 0.158. The van der Waals surface area contributed by atoms with Crippen LogP contribution in [0.1, 0.15) is 111 Å². The first kappa shape index (κ1) is 26.7. The second kappa shape index (κ2) is 11.6. The van der Waals surface area contributed by atoms with E-state index in [1.165, 1.54) is 68.9 Å². The van der Waals surface area contributed by atoms with Crippen molar-refractivity contribution >= 4 is 8.53 Å². The van der Waals surface area contributed by atoms with E-state index >= 15 is 0 Å². The van der Waals surface area contributed by atoms with Gasteiger partial charge in [0.15, 0.2) is 0 Å². The fourth-order valence-electron chi connectivity index (χ4n) is 8.41. The number of fused-ring (bicyclic) bond motifs is 7. The molecule has 4 aliphatic rings. The third-order valence-electron chi connectivity index (χ3n) is 10.5. The monoisotopic (exact) mass is 553 g/mol. The Labute approximate surface area is 242 Å². The Morgan fingerprint density at radius 1 is 0.725 bits per heavy atom. The molecule has 0 saturated heterocycles. The van der Waals surface area contributed by atoms with Crippen molar-refractivity contribution in [1.29, 1.82) is 0 Å². The van der Waals surface area contributed by atoms with Crippen LogP contribution in [-0.4, -0.2) is 10.8 Å². The van der Waals surface area contributed by atoms with Crippen LogP contribution in [0.25, 0.3) is 0 Å². The van der Waals surface area contributed by atoms with E-state index in [2.05, 4.69) is 91.3 Å². The SMILES string of the molecule is CC(c1ccccc1)N([C@H](C)c1ccccc1)P1Oc2ccc3c(c2[C@@H]2C(CCC4CCCCC42)O1)CCCC3. The van der Waals surface area contributed by atoms with Gasteiger partial charge in [0.2, 0.25) is 0 Å². The van der Waals surface area contributed by atoms with Gasteiger partial charge in [-0.05, 0) is 98.9 Å². The molecule has 3 aliphatic carbocycles. The van der Waals surface area contributed by atoms with Crippen molar-refractivity contribution in [3.05, 3.63) is 101 Å². The second-order valence-electron chi connectivity index (χ2n) is 12.7. The maximum absolute atomic E-state index is 7.35. The molecule has 0 aromatic heterocycles. The maximum atomic E-state index is 7.35. The van der Waals surface area contributed by atoms with Crippen LogP contribution >= 0.6 is 8.53 Å². The molecule has 0 amide bonds. The van der Waals surface area contributed by atoms with Gasteiger partial charge in [-0.1, -0.05) is 86.0 Å². The van der Waals surface area contributed by atoms with Crippen LogP contribution in [-0.2, 0) is 17.4 Å². The lowest BCUT2D eigenvalue weighted by atomic mass is 9.61. The Morgan fingerprint density at radius 2 is 1.40 bits per heavy atom. The van der Waals surface area contributed by atoms with Crippen LogP contribution in [0.2, 0.25) is 0 Å². The molecule has 7 atom stereocenters. The summed E-state index contributed by atoms with van der Waals surface area (Å²) in [5.74, 6) is 3.16. The fraction of sp³-hybridized carbons (Fsp3) is 0.500. The van der Waals surface area contributed by atoms with Crippen LogP contribution in [0, 0.1) is 11.8 Å². The lowest BCUT2D eigenvalue weighted by Crippen LogP contribution is -2.39. The Hall–Kier alpha value is -2.19. The zero-order chi connectivity index (χ0) is 27.1. The van der Waals surface area contributed by atoms with Crippen molar-refractivity contribution < 1.29 is 9.05 Å². The van der Waals surface area contributed by atoms with Gasteiger partial charge in [-0.15, -0.1) is 0 Å². The molecule has 0 bridgehead atoms. The smallest absolute Gasteiger partial charge is 0.322 e. The number of benzene rings is 3. The third kappa shape index (κ3) is 4.93. The van der Waals surface area contributed by atoms with Crippen molar-refractivity contribution in [1.82, 2.24) is 4.67 Å². The summed E-state index contributed by atoms with van der Waals surface area (Å²) in [5, 5.41) is 0. The number of aryl methyl sites for hydroxylation is 1. The average molecular weight is 554 g/mol. The van der Waals surface area contributed by atoms with Crippen molar-refractivity contribution in [2.75, 3.05) is 0 Å². The molecule has 4 heteroatoms. The van der Waals surface area contributed by atoms with Crippen molar-refractivity contribution in [2.45, 2.75) is 102 Å². The highest BCUT2D eigenvalue weighted by Crippen LogP contribution is 2.62. The lowest BCUT2D eigenvalue weighted by Gasteiger charge is -2.46. The van der Waals surface area contributed by atoms with Gasteiger partial charge >= 0.3 is 8.53 Å². The van der Waals surface area contributed by atoms with Crippen molar-refractivity contribution in [3.63, 3.8) is 0 Å². The molecule has 3 nitrogen and oxygen atoms in total. The predicted octanol–water partition coefficient (Wildman–Crippen LogP) is 10.1. The average Bonchev–Trinajstić information content (AvgIpc) is 3.19. The Kier molecular flexibility index (Phi) is 7.74. The van der Waals surface area contributed by atoms with Gasteiger partial charge in [0.1, 0.15) is 5.75 Å². The largest absolute Gasteiger partial charge is 0.435 e. The summed E-state index contributed by atoms with van der Waals surface area (Å²) in [6.07, 6.45) is 13.2. The molecule has 40 heavy (non-hydrogen) atoms. The summed E-state index contributed by atoms with van der Waals surface area (Å²) in [6, 6.07) is 26.9. The summed E-state index contributed by atoms with van der Waals surface area (Å²) >= 11 is 0. The zero-order valence-electron chi connectivity index (χ0n) is 24.2. The Balaban J connectivity index is 1.34. The van der Waals surface area contributed by atoms with Gasteiger partial charge in [-0.3, -0.25) is 0 Å². The Morgan fingerprint density at radius 3 is 2.12 bits per heavy atom. The Bertz CT molecular complexity index is 1250. The van der Waals surface area contributed by atoms with E-state index in [-0.39, 0.29) is 18.2 Å². The van der Waals surface area contributed by atoms with Gasteiger partial charge in [0.25, 0.3) is 0 Å². The molecule has 210 valence electrons.